The highest BCUT2D eigenvalue weighted by Crippen LogP contribution is 2.23. The lowest BCUT2D eigenvalue weighted by molar-refractivity contribution is -0.119. The van der Waals surface area contributed by atoms with Gasteiger partial charge in [0, 0.05) is 19.0 Å². The Bertz CT molecular complexity index is 491. The highest BCUT2D eigenvalue weighted by molar-refractivity contribution is 5.89. The summed E-state index contributed by atoms with van der Waals surface area (Å²) < 4.78 is 13.4. The second-order valence-corrected chi connectivity index (χ2v) is 3.96. The number of carboxylic acids is 1. The van der Waals surface area contributed by atoms with E-state index in [1.54, 1.807) is 0 Å². The van der Waals surface area contributed by atoms with E-state index in [-0.39, 0.29) is 12.1 Å². The zero-order valence-corrected chi connectivity index (χ0v) is 10.1. The number of hydrogen-bond acceptors (Lipinski definition) is 4. The number of carbonyl (C=O) groups is 2. The fourth-order valence-electron chi connectivity index (χ4n) is 1.58. The molecule has 6 nitrogen and oxygen atoms in total. The molecule has 1 aromatic rings. The molecule has 0 fully saturated rings. The maximum atomic E-state index is 13.4. The summed E-state index contributed by atoms with van der Waals surface area (Å²) in [7, 11) is 0. The molecule has 0 aliphatic heterocycles. The van der Waals surface area contributed by atoms with Crippen molar-refractivity contribution in [1.82, 2.24) is 5.32 Å². The molecule has 0 heterocycles. The minimum Gasteiger partial charge on any atom is -0.478 e. The maximum Gasteiger partial charge on any atom is 0.339 e. The van der Waals surface area contributed by atoms with Gasteiger partial charge in [0.2, 0.25) is 5.91 Å². The normalized spacial score (nSPS) is 13.7. The van der Waals surface area contributed by atoms with Gasteiger partial charge in [-0.2, -0.15) is 0 Å². The van der Waals surface area contributed by atoms with Crippen LogP contribution in [0.1, 0.15) is 28.9 Å². The van der Waals surface area contributed by atoms with Crippen molar-refractivity contribution < 1.29 is 29.3 Å². The zero-order chi connectivity index (χ0) is 14.6. The second kappa shape index (κ2) is 6.26. The number of hydrogen-bond donors (Lipinski definition) is 4. The van der Waals surface area contributed by atoms with Crippen LogP contribution in [0, 0.1) is 5.82 Å². The van der Waals surface area contributed by atoms with Gasteiger partial charge in [0.1, 0.15) is 23.6 Å². The lowest BCUT2D eigenvalue weighted by Gasteiger charge is -2.20. The number of carboxylic acid groups (broad SMARTS) is 1. The zero-order valence-electron chi connectivity index (χ0n) is 10.1. The molecule has 1 aromatic carbocycles. The van der Waals surface area contributed by atoms with Gasteiger partial charge in [0.15, 0.2) is 0 Å². The molecule has 0 bridgehead atoms. The Morgan fingerprint density at radius 2 is 2.00 bits per heavy atom. The summed E-state index contributed by atoms with van der Waals surface area (Å²) in [6.45, 7) is 0.954. The lowest BCUT2D eigenvalue weighted by Crippen LogP contribution is -2.34. The Morgan fingerprint density at radius 3 is 2.53 bits per heavy atom. The summed E-state index contributed by atoms with van der Waals surface area (Å²) in [5, 5.41) is 30.6. The van der Waals surface area contributed by atoms with Crippen molar-refractivity contribution in [3.05, 3.63) is 35.1 Å². The lowest BCUT2D eigenvalue weighted by atomic mass is 9.98. The first-order valence-electron chi connectivity index (χ1n) is 5.47. The number of rotatable bonds is 5. The molecule has 1 rings (SSSR count). The monoisotopic (exact) mass is 271 g/mol. The van der Waals surface area contributed by atoms with E-state index in [4.69, 9.17) is 5.11 Å². The Labute approximate surface area is 108 Å². The van der Waals surface area contributed by atoms with Crippen LogP contribution < -0.4 is 5.32 Å². The number of aromatic carboxylic acids is 1. The number of amides is 1. The second-order valence-electron chi connectivity index (χ2n) is 3.96. The van der Waals surface area contributed by atoms with Crippen molar-refractivity contribution in [2.75, 3.05) is 6.54 Å². The molecule has 2 atom stereocenters. The van der Waals surface area contributed by atoms with Gasteiger partial charge >= 0.3 is 5.97 Å². The summed E-state index contributed by atoms with van der Waals surface area (Å²) in [6.07, 6.45) is -3.06. The van der Waals surface area contributed by atoms with E-state index in [0.717, 1.165) is 6.07 Å². The van der Waals surface area contributed by atoms with Crippen molar-refractivity contribution in [2.45, 2.75) is 19.1 Å². The van der Waals surface area contributed by atoms with Gasteiger partial charge in [-0.1, -0.05) is 12.1 Å². The molecule has 0 radical (unpaired) electrons. The number of nitrogens with one attached hydrogen (secondary N) is 1. The first-order valence-corrected chi connectivity index (χ1v) is 5.47. The van der Waals surface area contributed by atoms with E-state index in [2.05, 4.69) is 5.32 Å². The molecule has 2 unspecified atom stereocenters. The van der Waals surface area contributed by atoms with Crippen molar-refractivity contribution in [3.8, 4) is 0 Å². The summed E-state index contributed by atoms with van der Waals surface area (Å²) in [5.41, 5.74) is -0.942. The predicted molar refractivity (Wildman–Crippen MR) is 63.0 cm³/mol. The highest BCUT2D eigenvalue weighted by Gasteiger charge is 2.26. The first-order chi connectivity index (χ1) is 8.84. The fraction of sp³-hybridized carbons (Fsp3) is 0.333. The van der Waals surface area contributed by atoms with Gasteiger partial charge in [-0.3, -0.25) is 4.79 Å². The molecule has 1 amide bonds. The maximum absolute atomic E-state index is 13.4. The minimum absolute atomic E-state index is 0.245. The Kier molecular flexibility index (Phi) is 4.96. The largest absolute Gasteiger partial charge is 0.478 e. The Balaban J connectivity index is 2.99. The minimum atomic E-state index is -1.62. The van der Waals surface area contributed by atoms with Crippen LogP contribution in [0.3, 0.4) is 0 Å². The molecule has 0 aliphatic rings. The average molecular weight is 271 g/mol. The molecule has 0 saturated carbocycles. The van der Waals surface area contributed by atoms with Gasteiger partial charge < -0.3 is 20.6 Å². The van der Waals surface area contributed by atoms with Gasteiger partial charge in [0.25, 0.3) is 0 Å². The quantitative estimate of drug-likeness (QED) is 0.605. The number of halogens is 1. The third-order valence-corrected chi connectivity index (χ3v) is 2.50. The van der Waals surface area contributed by atoms with E-state index < -0.39 is 35.5 Å². The third kappa shape index (κ3) is 3.73. The molecule has 104 valence electrons. The molecule has 4 N–H and O–H groups in total. The smallest absolute Gasteiger partial charge is 0.339 e. The number of aliphatic hydroxyl groups excluding tert-OH is 2. The van der Waals surface area contributed by atoms with E-state index in [1.807, 2.05) is 0 Å². The summed E-state index contributed by atoms with van der Waals surface area (Å²) in [6, 6.07) is 3.37. The Morgan fingerprint density at radius 1 is 1.37 bits per heavy atom. The van der Waals surface area contributed by atoms with Gasteiger partial charge in [-0.15, -0.1) is 0 Å². The number of benzene rings is 1. The number of aliphatic hydroxyl groups is 2. The molecule has 0 aliphatic carbocycles. The van der Waals surface area contributed by atoms with E-state index in [9.17, 15) is 24.2 Å². The molecular weight excluding hydrogens is 257 g/mol. The molecule has 0 spiro atoms. The molecule has 19 heavy (non-hydrogen) atoms. The first kappa shape index (κ1) is 15.1. The average Bonchev–Trinajstić information content (AvgIpc) is 2.34. The van der Waals surface area contributed by atoms with Crippen LogP contribution in [0.5, 0.6) is 0 Å². The Hall–Kier alpha value is -1.99. The SMILES string of the molecule is CC(=O)NCC(O)C(O)c1cccc(F)c1C(=O)O. The van der Waals surface area contributed by atoms with Gasteiger partial charge in [-0.25, -0.2) is 9.18 Å². The standard InChI is InChI=1S/C12H14FNO5/c1-6(15)14-5-9(16)11(17)7-3-2-4-8(13)10(7)12(18)19/h2-4,9,11,16-17H,5H2,1H3,(H,14,15)(H,18,19). The van der Waals surface area contributed by atoms with Crippen LogP contribution in [-0.4, -0.2) is 39.8 Å². The van der Waals surface area contributed by atoms with Crippen molar-refractivity contribution in [1.29, 1.82) is 0 Å². The van der Waals surface area contributed by atoms with Crippen LogP contribution in [0.15, 0.2) is 18.2 Å². The van der Waals surface area contributed by atoms with Gasteiger partial charge in [0.05, 0.1) is 0 Å². The van der Waals surface area contributed by atoms with Crippen molar-refractivity contribution in [3.63, 3.8) is 0 Å². The van der Waals surface area contributed by atoms with E-state index >= 15 is 0 Å². The fourth-order valence-corrected chi connectivity index (χ4v) is 1.58. The van der Waals surface area contributed by atoms with E-state index in [0.29, 0.717) is 0 Å². The van der Waals surface area contributed by atoms with Crippen LogP contribution in [-0.2, 0) is 4.79 Å². The number of carbonyl (C=O) groups excluding carboxylic acids is 1. The van der Waals surface area contributed by atoms with Crippen LogP contribution in [0.25, 0.3) is 0 Å². The topological polar surface area (TPSA) is 107 Å². The highest BCUT2D eigenvalue weighted by atomic mass is 19.1. The van der Waals surface area contributed by atoms with Crippen LogP contribution >= 0.6 is 0 Å². The summed E-state index contributed by atoms with van der Waals surface area (Å²) in [5.74, 6) is -2.96. The molecule has 0 saturated heterocycles. The third-order valence-electron chi connectivity index (χ3n) is 2.50. The molecular formula is C12H14FNO5. The van der Waals surface area contributed by atoms with Gasteiger partial charge in [-0.05, 0) is 6.07 Å². The van der Waals surface area contributed by atoms with Crippen molar-refractivity contribution in [2.24, 2.45) is 0 Å². The van der Waals surface area contributed by atoms with Crippen molar-refractivity contribution >= 4 is 11.9 Å². The summed E-state index contributed by atoms with van der Waals surface area (Å²) in [4.78, 5) is 21.6. The predicted octanol–water partition coefficient (Wildman–Crippen LogP) is 0.0543. The van der Waals surface area contributed by atoms with E-state index in [1.165, 1.54) is 19.1 Å². The van der Waals surface area contributed by atoms with Crippen LogP contribution in [0.4, 0.5) is 4.39 Å². The molecule has 7 heteroatoms. The van der Waals surface area contributed by atoms with Crippen LogP contribution in [0.2, 0.25) is 0 Å². The summed E-state index contributed by atoms with van der Waals surface area (Å²) >= 11 is 0. The molecule has 0 aromatic heterocycles.